The summed E-state index contributed by atoms with van der Waals surface area (Å²) < 4.78 is 0. The molecule has 0 aromatic rings. The van der Waals surface area contributed by atoms with Crippen LogP contribution in [0.4, 0.5) is 0 Å². The maximum absolute atomic E-state index is 3.87. The number of rotatable bonds is 3. The van der Waals surface area contributed by atoms with Crippen molar-refractivity contribution in [2.24, 2.45) is 5.92 Å². The molecule has 0 nitrogen and oxygen atoms in total. The zero-order chi connectivity index (χ0) is 23.8. The van der Waals surface area contributed by atoms with Gasteiger partial charge in [-0.3, -0.25) is 0 Å². The van der Waals surface area contributed by atoms with Gasteiger partial charge in [-0.05, 0) is 81.6 Å². The Bertz CT molecular complexity index is 910. The minimum Gasteiger partial charge on any atom is -0.102 e. The molecule has 4 aliphatic rings. The van der Waals surface area contributed by atoms with Crippen LogP contribution in [0.3, 0.4) is 0 Å². The van der Waals surface area contributed by atoms with Gasteiger partial charge >= 0.3 is 0 Å². The molecule has 0 unspecified atom stereocenters. The first-order valence-electron chi connectivity index (χ1n) is 11.5. The fraction of sp³-hybridized carbons (Fsp3) is 0.312. The second-order valence-electron chi connectivity index (χ2n) is 8.22. The van der Waals surface area contributed by atoms with Gasteiger partial charge in [0.25, 0.3) is 0 Å². The minimum absolute atomic E-state index is 0.509. The molecule has 0 heteroatoms. The van der Waals surface area contributed by atoms with E-state index >= 15 is 0 Å². The molecule has 0 spiro atoms. The van der Waals surface area contributed by atoms with E-state index in [0.717, 1.165) is 19.3 Å². The van der Waals surface area contributed by atoms with Gasteiger partial charge in [0.1, 0.15) is 0 Å². The standard InChI is InChI=1S/4C8H10/c2*1-7(2)8-5-3-4-6-8;1-3-8-6-4-5-7(8)2;1-2-5-8-6-3-4-7-8/h3,5-6H,1,4H2,2H3;3-6,8H,1H2,2H3;3,6H,1-2,4-5H2;6H,3-4,7H2,1H3. The monoisotopic (exact) mass is 424 g/mol. The average Bonchev–Trinajstić information content (AvgIpc) is 3.58. The van der Waals surface area contributed by atoms with Crippen LogP contribution < -0.4 is 0 Å². The molecule has 0 fully saturated rings. The molecule has 0 aliphatic heterocycles. The molecule has 0 aromatic heterocycles. The summed E-state index contributed by atoms with van der Waals surface area (Å²) in [6.07, 6.45) is 28.2. The van der Waals surface area contributed by atoms with E-state index in [2.05, 4.69) is 92.8 Å². The van der Waals surface area contributed by atoms with Crippen molar-refractivity contribution < 1.29 is 0 Å². The summed E-state index contributed by atoms with van der Waals surface area (Å²) in [4.78, 5) is 0. The van der Waals surface area contributed by atoms with Crippen LogP contribution in [-0.2, 0) is 0 Å². The summed E-state index contributed by atoms with van der Waals surface area (Å²) in [5, 5.41) is 0. The maximum Gasteiger partial charge on any atom is 0.0158 e. The first kappa shape index (κ1) is 27.0. The number of allylic oxidation sites excluding steroid dienone is 16. The van der Waals surface area contributed by atoms with Gasteiger partial charge in [0.2, 0.25) is 0 Å². The van der Waals surface area contributed by atoms with Gasteiger partial charge in [-0.15, -0.1) is 5.92 Å². The molecule has 0 aromatic carbocycles. The normalized spacial score (nSPS) is 17.3. The molecule has 0 radical (unpaired) electrons. The van der Waals surface area contributed by atoms with Gasteiger partial charge in [-0.25, -0.2) is 0 Å². The molecule has 0 N–H and O–H groups in total. The largest absolute Gasteiger partial charge is 0.102 e. The second-order valence-corrected chi connectivity index (χ2v) is 8.22. The highest BCUT2D eigenvalue weighted by Crippen LogP contribution is 2.23. The van der Waals surface area contributed by atoms with Crippen LogP contribution in [-0.4, -0.2) is 0 Å². The molecular weight excluding hydrogens is 384 g/mol. The van der Waals surface area contributed by atoms with Crippen molar-refractivity contribution in [2.45, 2.75) is 59.3 Å². The Balaban J connectivity index is 0.000000213. The van der Waals surface area contributed by atoms with E-state index in [9.17, 15) is 0 Å². The molecule has 0 saturated heterocycles. The van der Waals surface area contributed by atoms with E-state index in [1.54, 1.807) is 0 Å². The van der Waals surface area contributed by atoms with Gasteiger partial charge in [0.15, 0.2) is 0 Å². The van der Waals surface area contributed by atoms with Crippen molar-refractivity contribution in [3.63, 3.8) is 0 Å². The van der Waals surface area contributed by atoms with Crippen molar-refractivity contribution in [3.05, 3.63) is 121 Å². The molecule has 0 bridgehead atoms. The van der Waals surface area contributed by atoms with Crippen LogP contribution in [0.1, 0.15) is 59.3 Å². The van der Waals surface area contributed by atoms with Gasteiger partial charge in [0.05, 0.1) is 0 Å². The van der Waals surface area contributed by atoms with Gasteiger partial charge in [0, 0.05) is 5.92 Å². The Kier molecular flexibility index (Phi) is 13.3. The van der Waals surface area contributed by atoms with Gasteiger partial charge in [-0.2, -0.15) is 0 Å². The summed E-state index contributed by atoms with van der Waals surface area (Å²) in [7, 11) is 0. The summed E-state index contributed by atoms with van der Waals surface area (Å²) in [5.74, 6) is 6.46. The van der Waals surface area contributed by atoms with Crippen molar-refractivity contribution in [3.8, 4) is 11.8 Å². The highest BCUT2D eigenvalue weighted by molar-refractivity contribution is 5.41. The topological polar surface area (TPSA) is 0 Å². The Hall–Kier alpha value is -3.04. The average molecular weight is 425 g/mol. The van der Waals surface area contributed by atoms with E-state index in [-0.39, 0.29) is 0 Å². The maximum atomic E-state index is 3.87. The third-order valence-electron chi connectivity index (χ3n) is 5.35. The molecule has 4 aliphatic carbocycles. The first-order chi connectivity index (χ1) is 15.4. The molecule has 0 saturated carbocycles. The smallest absolute Gasteiger partial charge is 0.0158 e. The molecule has 32 heavy (non-hydrogen) atoms. The van der Waals surface area contributed by atoms with Crippen molar-refractivity contribution in [1.29, 1.82) is 0 Å². The van der Waals surface area contributed by atoms with E-state index < -0.39 is 0 Å². The first-order valence-corrected chi connectivity index (χ1v) is 11.5. The fourth-order valence-corrected chi connectivity index (χ4v) is 3.40. The molecule has 0 atom stereocenters. The molecule has 4 rings (SSSR count). The van der Waals surface area contributed by atoms with Crippen LogP contribution in [0.5, 0.6) is 0 Å². The predicted molar refractivity (Wildman–Crippen MR) is 145 cm³/mol. The molecular formula is C32H40. The zero-order valence-corrected chi connectivity index (χ0v) is 20.4. The third-order valence-corrected chi connectivity index (χ3v) is 5.35. The Morgan fingerprint density at radius 1 is 1.03 bits per heavy atom. The van der Waals surface area contributed by atoms with Crippen LogP contribution in [0.2, 0.25) is 0 Å². The van der Waals surface area contributed by atoms with Gasteiger partial charge < -0.3 is 0 Å². The lowest BCUT2D eigenvalue weighted by Crippen LogP contribution is -1.86. The number of hydrogen-bond acceptors (Lipinski definition) is 0. The molecule has 0 heterocycles. The highest BCUT2D eigenvalue weighted by Gasteiger charge is 2.03. The van der Waals surface area contributed by atoms with Crippen molar-refractivity contribution in [1.82, 2.24) is 0 Å². The highest BCUT2D eigenvalue weighted by atomic mass is 14.1. The fourth-order valence-electron chi connectivity index (χ4n) is 3.40. The SMILES string of the molecule is C=C(C)C1=CCC=C1.C=C(C)C1C=CC=C1.C=CC1=CCCC1=C.CC#CC1=CCCC1. The van der Waals surface area contributed by atoms with Crippen LogP contribution in [0.15, 0.2) is 121 Å². The van der Waals surface area contributed by atoms with Crippen molar-refractivity contribution in [2.75, 3.05) is 0 Å². The molecule has 0 amide bonds. The minimum atomic E-state index is 0.509. The molecule has 168 valence electrons. The van der Waals surface area contributed by atoms with Crippen molar-refractivity contribution >= 4 is 0 Å². The third kappa shape index (κ3) is 10.8. The van der Waals surface area contributed by atoms with Crippen LogP contribution in [0, 0.1) is 17.8 Å². The van der Waals surface area contributed by atoms with E-state index in [1.807, 2.05) is 26.8 Å². The van der Waals surface area contributed by atoms with Gasteiger partial charge in [-0.1, -0.05) is 104 Å². The zero-order valence-electron chi connectivity index (χ0n) is 20.4. The van der Waals surface area contributed by atoms with E-state index in [0.29, 0.717) is 5.92 Å². The Morgan fingerprint density at radius 2 is 1.75 bits per heavy atom. The summed E-state index contributed by atoms with van der Waals surface area (Å²) in [6.45, 7) is 21.1. The quantitative estimate of drug-likeness (QED) is 0.313. The lowest BCUT2D eigenvalue weighted by Gasteiger charge is -1.99. The Labute approximate surface area is 197 Å². The second kappa shape index (κ2) is 15.7. The summed E-state index contributed by atoms with van der Waals surface area (Å²) in [5.41, 5.74) is 7.50. The lowest BCUT2D eigenvalue weighted by molar-refractivity contribution is 0.919. The summed E-state index contributed by atoms with van der Waals surface area (Å²) in [6, 6.07) is 0. The van der Waals surface area contributed by atoms with Crippen LogP contribution >= 0.6 is 0 Å². The van der Waals surface area contributed by atoms with E-state index in [1.165, 1.54) is 52.7 Å². The predicted octanol–water partition coefficient (Wildman–Crippen LogP) is 9.32. The number of hydrogen-bond donors (Lipinski definition) is 0. The van der Waals surface area contributed by atoms with Crippen LogP contribution in [0.25, 0.3) is 0 Å². The Morgan fingerprint density at radius 3 is 2.06 bits per heavy atom. The summed E-state index contributed by atoms with van der Waals surface area (Å²) >= 11 is 0. The van der Waals surface area contributed by atoms with E-state index in [4.69, 9.17) is 0 Å². The lowest BCUT2D eigenvalue weighted by atomic mass is 10.1.